The molecule has 1 aromatic heterocycles. The Morgan fingerprint density at radius 2 is 1.42 bits per heavy atom. The summed E-state index contributed by atoms with van der Waals surface area (Å²) in [5.74, 6) is -2.19. The Balaban J connectivity index is 0.00000121. The molecule has 0 aliphatic rings. The van der Waals surface area contributed by atoms with Gasteiger partial charge in [-0.15, -0.1) is 11.3 Å². The zero-order valence-electron chi connectivity index (χ0n) is 5.98. The molecule has 4 nitrogen and oxygen atoms in total. The van der Waals surface area contributed by atoms with Crippen LogP contribution >= 0.6 is 11.3 Å². The topological polar surface area (TPSA) is 74.6 Å². The van der Waals surface area contributed by atoms with E-state index in [1.807, 2.05) is 0 Å². The molecule has 0 saturated heterocycles. The molecule has 0 atom stereocenters. The first-order valence-corrected chi connectivity index (χ1v) is 3.49. The number of thiophene rings is 1. The van der Waals surface area contributed by atoms with E-state index < -0.39 is 11.9 Å². The molecule has 1 heterocycles. The molecule has 0 spiro atoms. The quantitative estimate of drug-likeness (QED) is 0.799. The van der Waals surface area contributed by atoms with Gasteiger partial charge in [0, 0.05) is 27.3 Å². The Morgan fingerprint density at radius 1 is 1.08 bits per heavy atom. The largest absolute Gasteiger partial charge is 0.477 e. The van der Waals surface area contributed by atoms with Crippen LogP contribution in [0.25, 0.3) is 0 Å². The normalized spacial score (nSPS) is 8.67. The van der Waals surface area contributed by atoms with Gasteiger partial charge in [-0.05, 0) is 12.1 Å². The second-order valence-electron chi connectivity index (χ2n) is 1.77. The van der Waals surface area contributed by atoms with Crippen molar-refractivity contribution in [3.63, 3.8) is 0 Å². The standard InChI is InChI=1S/C6H4O4S.Cd/c7-5(8)3-1-2-4(11-3)6(9)10;/h1-2H,(H,7,8)(H,9,10);. The summed E-state index contributed by atoms with van der Waals surface area (Å²) in [6.07, 6.45) is 0. The van der Waals surface area contributed by atoms with Gasteiger partial charge < -0.3 is 10.2 Å². The van der Waals surface area contributed by atoms with E-state index in [1.54, 1.807) is 0 Å². The van der Waals surface area contributed by atoms with E-state index in [-0.39, 0.29) is 37.1 Å². The van der Waals surface area contributed by atoms with Crippen LogP contribution in [-0.4, -0.2) is 22.2 Å². The van der Waals surface area contributed by atoms with E-state index in [2.05, 4.69) is 0 Å². The van der Waals surface area contributed by atoms with Crippen molar-refractivity contribution in [3.8, 4) is 0 Å². The summed E-state index contributed by atoms with van der Waals surface area (Å²) in [6.45, 7) is 0. The molecule has 12 heavy (non-hydrogen) atoms. The Morgan fingerprint density at radius 3 is 1.58 bits per heavy atom. The molecule has 0 amide bonds. The van der Waals surface area contributed by atoms with Gasteiger partial charge in [0.2, 0.25) is 0 Å². The van der Waals surface area contributed by atoms with Crippen molar-refractivity contribution in [1.82, 2.24) is 0 Å². The van der Waals surface area contributed by atoms with Crippen LogP contribution in [0.5, 0.6) is 0 Å². The molecule has 1 rings (SSSR count). The van der Waals surface area contributed by atoms with E-state index in [4.69, 9.17) is 10.2 Å². The fraction of sp³-hybridized carbons (Fsp3) is 0. The van der Waals surface area contributed by atoms with E-state index in [9.17, 15) is 9.59 Å². The summed E-state index contributed by atoms with van der Waals surface area (Å²) in [7, 11) is 0. The predicted octanol–water partition coefficient (Wildman–Crippen LogP) is 1.14. The first kappa shape index (κ1) is 11.6. The molecule has 0 aromatic carbocycles. The van der Waals surface area contributed by atoms with Crippen molar-refractivity contribution < 1.29 is 47.1 Å². The number of carbonyl (C=O) groups is 2. The van der Waals surface area contributed by atoms with Gasteiger partial charge in [-0.3, -0.25) is 0 Å². The van der Waals surface area contributed by atoms with Gasteiger partial charge in [0.1, 0.15) is 9.75 Å². The third-order valence-corrected chi connectivity index (χ3v) is 2.09. The SMILES string of the molecule is O=C(O)c1ccc(C(=O)O)s1.[Cd]. The number of hydrogen-bond acceptors (Lipinski definition) is 3. The first-order valence-electron chi connectivity index (χ1n) is 2.67. The summed E-state index contributed by atoms with van der Waals surface area (Å²) >= 11 is 0.750. The van der Waals surface area contributed by atoms with Crippen molar-refractivity contribution in [3.05, 3.63) is 21.9 Å². The Kier molecular flexibility index (Phi) is 4.39. The van der Waals surface area contributed by atoms with Crippen LogP contribution in [0.2, 0.25) is 0 Å². The molecule has 0 bridgehead atoms. The smallest absolute Gasteiger partial charge is 0.345 e. The van der Waals surface area contributed by atoms with Crippen molar-refractivity contribution in [2.45, 2.75) is 0 Å². The number of hydrogen-bond donors (Lipinski definition) is 2. The molecule has 0 aliphatic carbocycles. The van der Waals surface area contributed by atoms with Crippen molar-refractivity contribution in [2.75, 3.05) is 0 Å². The molecule has 0 radical (unpaired) electrons. The second-order valence-corrected chi connectivity index (χ2v) is 2.86. The summed E-state index contributed by atoms with van der Waals surface area (Å²) < 4.78 is 0. The van der Waals surface area contributed by atoms with Crippen LogP contribution in [0.4, 0.5) is 0 Å². The first-order chi connectivity index (χ1) is 5.11. The molecule has 0 saturated carbocycles. The number of rotatable bonds is 2. The van der Waals surface area contributed by atoms with E-state index in [0.717, 1.165) is 11.3 Å². The molecular formula is C6H4CdO4S. The Hall–Kier alpha value is -0.438. The fourth-order valence-corrected chi connectivity index (χ4v) is 1.25. The van der Waals surface area contributed by atoms with Crippen LogP contribution in [-0.2, 0) is 27.3 Å². The maximum absolute atomic E-state index is 10.3. The van der Waals surface area contributed by atoms with E-state index in [0.29, 0.717) is 0 Å². The zero-order valence-corrected chi connectivity index (χ0v) is 10.8. The average Bonchev–Trinajstić information content (AvgIpc) is 2.33. The number of carboxylic acids is 2. The van der Waals surface area contributed by atoms with Crippen molar-refractivity contribution >= 4 is 23.3 Å². The molecule has 60 valence electrons. The summed E-state index contributed by atoms with van der Waals surface area (Å²) in [5, 5.41) is 16.8. The molecule has 2 N–H and O–H groups in total. The molecule has 0 unspecified atom stereocenters. The minimum atomic E-state index is -1.09. The van der Waals surface area contributed by atoms with Crippen molar-refractivity contribution in [1.29, 1.82) is 0 Å². The Labute approximate surface area is 92.0 Å². The minimum Gasteiger partial charge on any atom is -0.477 e. The minimum absolute atomic E-state index is 0. The number of aromatic carboxylic acids is 2. The third-order valence-electron chi connectivity index (χ3n) is 1.03. The van der Waals surface area contributed by atoms with Gasteiger partial charge >= 0.3 is 11.9 Å². The molecule has 0 aliphatic heterocycles. The molecule has 6 heteroatoms. The maximum atomic E-state index is 10.3. The second kappa shape index (κ2) is 4.55. The van der Waals surface area contributed by atoms with Crippen molar-refractivity contribution in [2.24, 2.45) is 0 Å². The Bertz CT molecular complexity index is 278. The van der Waals surface area contributed by atoms with Gasteiger partial charge in [0.25, 0.3) is 0 Å². The van der Waals surface area contributed by atoms with Gasteiger partial charge in [-0.25, -0.2) is 9.59 Å². The van der Waals surface area contributed by atoms with Crippen LogP contribution < -0.4 is 0 Å². The monoisotopic (exact) mass is 286 g/mol. The zero-order chi connectivity index (χ0) is 8.43. The third kappa shape index (κ3) is 2.56. The summed E-state index contributed by atoms with van der Waals surface area (Å²) in [4.78, 5) is 20.6. The van der Waals surface area contributed by atoms with E-state index in [1.165, 1.54) is 12.1 Å². The number of carboxylic acid groups (broad SMARTS) is 2. The van der Waals surface area contributed by atoms with Gasteiger partial charge in [-0.2, -0.15) is 0 Å². The van der Waals surface area contributed by atoms with Crippen LogP contribution in [0.1, 0.15) is 19.3 Å². The van der Waals surface area contributed by atoms with Gasteiger partial charge in [0.05, 0.1) is 0 Å². The summed E-state index contributed by atoms with van der Waals surface area (Å²) in [5.41, 5.74) is 0. The van der Waals surface area contributed by atoms with E-state index >= 15 is 0 Å². The van der Waals surface area contributed by atoms with Gasteiger partial charge in [0.15, 0.2) is 0 Å². The maximum Gasteiger partial charge on any atom is 0.345 e. The van der Waals surface area contributed by atoms with Crippen LogP contribution in [0.15, 0.2) is 12.1 Å². The average molecular weight is 285 g/mol. The predicted molar refractivity (Wildman–Crippen MR) is 38.2 cm³/mol. The molecular weight excluding hydrogens is 281 g/mol. The molecule has 0 fully saturated rings. The van der Waals surface area contributed by atoms with Crippen LogP contribution in [0, 0.1) is 0 Å². The van der Waals surface area contributed by atoms with Gasteiger partial charge in [-0.1, -0.05) is 0 Å². The molecule has 1 aromatic rings. The fourth-order valence-electron chi connectivity index (χ4n) is 0.568. The van der Waals surface area contributed by atoms with Crippen LogP contribution in [0.3, 0.4) is 0 Å². The summed E-state index contributed by atoms with van der Waals surface area (Å²) in [6, 6.07) is 2.55.